The quantitative estimate of drug-likeness (QED) is 0.779. The van der Waals surface area contributed by atoms with E-state index in [0.717, 1.165) is 0 Å². The van der Waals surface area contributed by atoms with Crippen LogP contribution < -0.4 is 10.9 Å². The number of carbonyl (C=O) groups excluding carboxylic acids is 2. The first-order valence-corrected chi connectivity index (χ1v) is 8.59. The number of para-hydroxylation sites is 1. The number of benzene rings is 1. The van der Waals surface area contributed by atoms with Crippen LogP contribution >= 0.6 is 11.3 Å². The van der Waals surface area contributed by atoms with E-state index in [1.165, 1.54) is 29.2 Å². The van der Waals surface area contributed by atoms with Gasteiger partial charge in [0, 0.05) is 5.69 Å². The maximum absolute atomic E-state index is 12.7. The van der Waals surface area contributed by atoms with E-state index in [-0.39, 0.29) is 17.2 Å². The Morgan fingerprint density at radius 1 is 1.24 bits per heavy atom. The SMILES string of the molecule is CC(=O)C(C)n1cnc2sc(C(=O)Nc3ccccc3)c(C)c2c1=O. The summed E-state index contributed by atoms with van der Waals surface area (Å²) in [7, 11) is 0. The van der Waals surface area contributed by atoms with Crippen LogP contribution in [0.15, 0.2) is 41.5 Å². The molecule has 1 N–H and O–H groups in total. The van der Waals surface area contributed by atoms with Crippen molar-refractivity contribution in [3.63, 3.8) is 0 Å². The number of nitrogens with zero attached hydrogens (tertiary/aromatic N) is 2. The molecule has 25 heavy (non-hydrogen) atoms. The van der Waals surface area contributed by atoms with Crippen LogP contribution in [-0.2, 0) is 4.79 Å². The molecule has 0 spiro atoms. The topological polar surface area (TPSA) is 81.1 Å². The van der Waals surface area contributed by atoms with Crippen molar-refractivity contribution in [1.82, 2.24) is 9.55 Å². The van der Waals surface area contributed by atoms with Crippen LogP contribution in [0.3, 0.4) is 0 Å². The minimum atomic E-state index is -0.592. The maximum atomic E-state index is 12.7. The van der Waals surface area contributed by atoms with E-state index in [1.807, 2.05) is 18.2 Å². The van der Waals surface area contributed by atoms with E-state index >= 15 is 0 Å². The van der Waals surface area contributed by atoms with Gasteiger partial charge in [-0.3, -0.25) is 19.0 Å². The third-order valence-electron chi connectivity index (χ3n) is 4.12. The molecule has 1 atom stereocenters. The third kappa shape index (κ3) is 3.10. The molecule has 0 fully saturated rings. The van der Waals surface area contributed by atoms with Crippen molar-refractivity contribution >= 4 is 38.9 Å². The van der Waals surface area contributed by atoms with Gasteiger partial charge in [-0.1, -0.05) is 18.2 Å². The number of amides is 1. The van der Waals surface area contributed by atoms with Gasteiger partial charge in [0.1, 0.15) is 4.83 Å². The Labute approximate surface area is 148 Å². The summed E-state index contributed by atoms with van der Waals surface area (Å²) in [5, 5.41) is 3.20. The van der Waals surface area contributed by atoms with Gasteiger partial charge in [-0.25, -0.2) is 4.98 Å². The molecule has 6 nitrogen and oxygen atoms in total. The van der Waals surface area contributed by atoms with Gasteiger partial charge in [0.15, 0.2) is 5.78 Å². The van der Waals surface area contributed by atoms with Gasteiger partial charge >= 0.3 is 0 Å². The molecule has 3 aromatic rings. The average molecular weight is 355 g/mol. The van der Waals surface area contributed by atoms with Crippen molar-refractivity contribution in [2.45, 2.75) is 26.8 Å². The Morgan fingerprint density at radius 3 is 2.56 bits per heavy atom. The highest BCUT2D eigenvalue weighted by atomic mass is 32.1. The molecule has 2 heterocycles. The number of carbonyl (C=O) groups is 2. The van der Waals surface area contributed by atoms with Crippen LogP contribution in [0, 0.1) is 6.92 Å². The fourth-order valence-corrected chi connectivity index (χ4v) is 3.57. The minimum absolute atomic E-state index is 0.127. The van der Waals surface area contributed by atoms with E-state index in [4.69, 9.17) is 0 Å². The molecule has 0 saturated heterocycles. The standard InChI is InChI=1S/C18H17N3O3S/c1-10-14-17(19-9-21(18(14)24)11(2)12(3)22)25-15(10)16(23)20-13-7-5-4-6-8-13/h4-9,11H,1-3H3,(H,20,23). The molecule has 128 valence electrons. The largest absolute Gasteiger partial charge is 0.321 e. The summed E-state index contributed by atoms with van der Waals surface area (Å²) in [6, 6.07) is 8.52. The van der Waals surface area contributed by atoms with Crippen LogP contribution in [0.4, 0.5) is 5.69 Å². The summed E-state index contributed by atoms with van der Waals surface area (Å²) in [6.45, 7) is 4.81. The van der Waals surface area contributed by atoms with Gasteiger partial charge < -0.3 is 5.32 Å². The molecular formula is C18H17N3O3S. The van der Waals surface area contributed by atoms with Crippen molar-refractivity contribution in [3.05, 3.63) is 57.5 Å². The van der Waals surface area contributed by atoms with E-state index in [9.17, 15) is 14.4 Å². The second-order valence-corrected chi connectivity index (χ2v) is 6.80. The number of thiophene rings is 1. The average Bonchev–Trinajstić information content (AvgIpc) is 2.93. The summed E-state index contributed by atoms with van der Waals surface area (Å²) in [5.41, 5.74) is 0.955. The van der Waals surface area contributed by atoms with E-state index < -0.39 is 6.04 Å². The van der Waals surface area contributed by atoms with Crippen molar-refractivity contribution in [2.24, 2.45) is 0 Å². The Bertz CT molecular complexity index is 1020. The molecular weight excluding hydrogens is 338 g/mol. The van der Waals surface area contributed by atoms with Crippen molar-refractivity contribution < 1.29 is 9.59 Å². The monoisotopic (exact) mass is 355 g/mol. The van der Waals surface area contributed by atoms with Crippen LogP contribution in [0.1, 0.15) is 35.1 Å². The molecule has 1 unspecified atom stereocenters. The Hall–Kier alpha value is -2.80. The van der Waals surface area contributed by atoms with Gasteiger partial charge in [-0.2, -0.15) is 0 Å². The lowest BCUT2D eigenvalue weighted by atomic mass is 10.2. The highest BCUT2D eigenvalue weighted by Crippen LogP contribution is 2.28. The third-order valence-corrected chi connectivity index (χ3v) is 5.32. The summed E-state index contributed by atoms with van der Waals surface area (Å²) in [6.07, 6.45) is 1.37. The number of rotatable bonds is 4. The number of hydrogen-bond acceptors (Lipinski definition) is 5. The Morgan fingerprint density at radius 2 is 1.92 bits per heavy atom. The van der Waals surface area contributed by atoms with Crippen LogP contribution in [0.5, 0.6) is 0 Å². The first-order chi connectivity index (χ1) is 11.9. The van der Waals surface area contributed by atoms with Crippen LogP contribution in [0.25, 0.3) is 10.2 Å². The highest BCUT2D eigenvalue weighted by molar-refractivity contribution is 7.20. The summed E-state index contributed by atoms with van der Waals surface area (Å²) < 4.78 is 1.31. The zero-order valence-corrected chi connectivity index (χ0v) is 14.9. The fourth-order valence-electron chi connectivity index (χ4n) is 2.53. The lowest BCUT2D eigenvalue weighted by Crippen LogP contribution is -2.27. The second kappa shape index (κ2) is 6.60. The second-order valence-electron chi connectivity index (χ2n) is 5.80. The molecule has 1 amide bonds. The highest BCUT2D eigenvalue weighted by Gasteiger charge is 2.21. The number of aryl methyl sites for hydroxylation is 1. The number of aromatic nitrogens is 2. The normalized spacial score (nSPS) is 12.1. The van der Waals surface area contributed by atoms with Gasteiger partial charge in [0.05, 0.1) is 22.6 Å². The molecule has 0 aliphatic heterocycles. The molecule has 2 aromatic heterocycles. The predicted octanol–water partition coefficient (Wildman–Crippen LogP) is 3.17. The number of Topliss-reactive ketones (excluding diaryl/α,β-unsaturated/α-hetero) is 1. The van der Waals surface area contributed by atoms with Crippen LogP contribution in [-0.4, -0.2) is 21.2 Å². The molecule has 3 rings (SSSR count). The van der Waals surface area contributed by atoms with Crippen molar-refractivity contribution in [2.75, 3.05) is 5.32 Å². The molecule has 7 heteroatoms. The number of fused-ring (bicyclic) bond motifs is 1. The van der Waals surface area contributed by atoms with Crippen molar-refractivity contribution in [3.8, 4) is 0 Å². The van der Waals surface area contributed by atoms with Gasteiger partial charge in [-0.05, 0) is 38.5 Å². The number of anilines is 1. The Kier molecular flexibility index (Phi) is 4.50. The zero-order valence-electron chi connectivity index (χ0n) is 14.1. The zero-order chi connectivity index (χ0) is 18.1. The summed E-state index contributed by atoms with van der Waals surface area (Å²) in [4.78, 5) is 42.1. The van der Waals surface area contributed by atoms with Gasteiger partial charge in [-0.15, -0.1) is 11.3 Å². The van der Waals surface area contributed by atoms with Crippen molar-refractivity contribution in [1.29, 1.82) is 0 Å². The lowest BCUT2D eigenvalue weighted by Gasteiger charge is -2.10. The molecule has 0 radical (unpaired) electrons. The fraction of sp³-hybridized carbons (Fsp3) is 0.222. The number of ketones is 1. The summed E-state index contributed by atoms with van der Waals surface area (Å²) in [5.74, 6) is -0.407. The lowest BCUT2D eigenvalue weighted by molar-refractivity contribution is -0.119. The first kappa shape index (κ1) is 17.0. The number of hydrogen-bond donors (Lipinski definition) is 1. The van der Waals surface area contributed by atoms with E-state index in [0.29, 0.717) is 26.3 Å². The smallest absolute Gasteiger partial charge is 0.266 e. The van der Waals surface area contributed by atoms with Crippen LogP contribution in [0.2, 0.25) is 0 Å². The maximum Gasteiger partial charge on any atom is 0.266 e. The molecule has 0 aliphatic carbocycles. The summed E-state index contributed by atoms with van der Waals surface area (Å²) >= 11 is 1.17. The van der Waals surface area contributed by atoms with E-state index in [1.54, 1.807) is 26.0 Å². The number of nitrogens with one attached hydrogen (secondary N) is 1. The molecule has 0 aliphatic rings. The predicted molar refractivity (Wildman–Crippen MR) is 98.4 cm³/mol. The van der Waals surface area contributed by atoms with Gasteiger partial charge in [0.25, 0.3) is 11.5 Å². The molecule has 0 saturated carbocycles. The van der Waals surface area contributed by atoms with Gasteiger partial charge in [0.2, 0.25) is 0 Å². The van der Waals surface area contributed by atoms with E-state index in [2.05, 4.69) is 10.3 Å². The molecule has 0 bridgehead atoms. The molecule has 1 aromatic carbocycles. The minimum Gasteiger partial charge on any atom is -0.321 e. The Balaban J connectivity index is 2.05. The first-order valence-electron chi connectivity index (χ1n) is 7.77.